The van der Waals surface area contributed by atoms with Crippen molar-refractivity contribution in [3.8, 4) is 0 Å². The molecule has 3 nitrogen and oxygen atoms in total. The van der Waals surface area contributed by atoms with Gasteiger partial charge in [-0.2, -0.15) is 8.42 Å². The smallest absolute Gasteiger partial charge is 0.263 e. The molecule has 0 fully saturated rings. The maximum absolute atomic E-state index is 10.1. The first-order valence-electron chi connectivity index (χ1n) is 1.84. The second kappa shape index (κ2) is 3.17. The van der Waals surface area contributed by atoms with E-state index in [0.717, 1.165) is 0 Å². The third kappa shape index (κ3) is 6.08. The van der Waals surface area contributed by atoms with Crippen LogP contribution in [0, 0.1) is 0 Å². The zero-order valence-electron chi connectivity index (χ0n) is 4.20. The predicted molar refractivity (Wildman–Crippen MR) is 34.8 cm³/mol. The van der Waals surface area contributed by atoms with Crippen LogP contribution in [-0.4, -0.2) is 15.0 Å². The van der Waals surface area contributed by atoms with Crippen molar-refractivity contribution in [3.05, 3.63) is 12.7 Å². The molecule has 0 aromatic heterocycles. The van der Waals surface area contributed by atoms with Crippen molar-refractivity contribution in [2.75, 3.05) is 6.61 Å². The van der Waals surface area contributed by atoms with E-state index in [1.54, 1.807) is 8.44 Å². The molecule has 5 heteroatoms. The van der Waals surface area contributed by atoms with Crippen LogP contribution in [0.2, 0.25) is 0 Å². The zero-order valence-corrected chi connectivity index (χ0v) is 6.17. The van der Waals surface area contributed by atoms with Crippen LogP contribution >= 0.6 is 8.44 Å². The Morgan fingerprint density at radius 3 is 2.38 bits per heavy atom. The molecule has 0 bridgehead atoms. The molecule has 0 aromatic carbocycles. The van der Waals surface area contributed by atoms with Crippen molar-refractivity contribution in [1.29, 1.82) is 0 Å². The van der Waals surface area contributed by atoms with E-state index >= 15 is 0 Å². The van der Waals surface area contributed by atoms with Crippen LogP contribution in [0.4, 0.5) is 0 Å². The van der Waals surface area contributed by atoms with Crippen molar-refractivity contribution < 1.29 is 12.6 Å². The van der Waals surface area contributed by atoms with Crippen LogP contribution in [0.1, 0.15) is 0 Å². The Morgan fingerprint density at radius 1 is 1.75 bits per heavy atom. The molecule has 1 unspecified atom stereocenters. The van der Waals surface area contributed by atoms with E-state index in [1.165, 1.54) is 6.08 Å². The van der Waals surface area contributed by atoms with E-state index in [1.807, 2.05) is 0 Å². The molecule has 0 aliphatic heterocycles. The first-order chi connectivity index (χ1) is 3.56. The lowest BCUT2D eigenvalue weighted by Gasteiger charge is -1.91. The summed E-state index contributed by atoms with van der Waals surface area (Å²) in [6, 6.07) is 0. The Labute approximate surface area is 50.8 Å². The zero-order chi connectivity index (χ0) is 6.62. The van der Waals surface area contributed by atoms with Gasteiger partial charge in [0.1, 0.15) is 0 Å². The summed E-state index contributed by atoms with van der Waals surface area (Å²) >= 11 is 0. The van der Waals surface area contributed by atoms with Crippen LogP contribution in [0.3, 0.4) is 0 Å². The average molecular weight is 154 g/mol. The molecule has 8 heavy (non-hydrogen) atoms. The first kappa shape index (κ1) is 8.08. The molecule has 0 saturated carbocycles. The molecular weight excluding hydrogens is 147 g/mol. The van der Waals surface area contributed by atoms with E-state index < -0.39 is 9.74 Å². The minimum atomic E-state index is -3.34. The van der Waals surface area contributed by atoms with Crippen molar-refractivity contribution in [1.82, 2.24) is 0 Å². The lowest BCUT2D eigenvalue weighted by atomic mass is 10.7. The third-order valence-electron chi connectivity index (χ3n) is 0.350. The average Bonchev–Trinajstić information content (AvgIpc) is 1.59. The maximum Gasteiger partial charge on any atom is 0.277 e. The number of hydrogen-bond acceptors (Lipinski definition) is 3. The van der Waals surface area contributed by atoms with E-state index in [0.29, 0.717) is 0 Å². The summed E-state index contributed by atoms with van der Waals surface area (Å²) in [6.45, 7) is 3.30. The molecule has 0 heterocycles. The summed E-state index contributed by atoms with van der Waals surface area (Å²) in [5, 5.41) is 0. The Balaban J connectivity index is 3.57. The van der Waals surface area contributed by atoms with Gasteiger partial charge in [-0.25, -0.2) is 0 Å². The molecule has 0 aromatic rings. The van der Waals surface area contributed by atoms with Crippen LogP contribution < -0.4 is 0 Å². The van der Waals surface area contributed by atoms with Crippen LogP contribution in [0.25, 0.3) is 0 Å². The quantitative estimate of drug-likeness (QED) is 0.434. The lowest BCUT2D eigenvalue weighted by molar-refractivity contribution is 0.370. The minimum absolute atomic E-state index is 0.0336. The maximum atomic E-state index is 10.1. The highest BCUT2D eigenvalue weighted by atomic mass is 32.7. The highest BCUT2D eigenvalue weighted by Crippen LogP contribution is 2.00. The summed E-state index contributed by atoms with van der Waals surface area (Å²) in [7, 11) is -1.77. The van der Waals surface area contributed by atoms with Gasteiger partial charge in [-0.05, 0) is 0 Å². The van der Waals surface area contributed by atoms with Gasteiger partial charge in [-0.3, -0.25) is 4.18 Å². The van der Waals surface area contributed by atoms with Crippen LogP contribution in [0.15, 0.2) is 12.7 Å². The highest BCUT2D eigenvalue weighted by molar-refractivity contribution is 8.34. The number of hydrogen-bond donors (Lipinski definition) is 0. The second-order valence-corrected chi connectivity index (χ2v) is 4.02. The number of rotatable bonds is 3. The van der Waals surface area contributed by atoms with Gasteiger partial charge in [0.15, 0.2) is 0 Å². The fourth-order valence-corrected chi connectivity index (χ4v) is 0.665. The van der Waals surface area contributed by atoms with Crippen LogP contribution in [-0.2, 0) is 13.9 Å². The van der Waals surface area contributed by atoms with Gasteiger partial charge < -0.3 is 0 Å². The van der Waals surface area contributed by atoms with Crippen LogP contribution in [0.5, 0.6) is 0 Å². The van der Waals surface area contributed by atoms with E-state index in [4.69, 9.17) is 0 Å². The summed E-state index contributed by atoms with van der Waals surface area (Å²) in [5.74, 6) is 0. The summed E-state index contributed by atoms with van der Waals surface area (Å²) in [5.41, 5.74) is 0. The SMILES string of the molecule is C=CCOS(=O)(=O)P. The summed E-state index contributed by atoms with van der Waals surface area (Å²) < 4.78 is 24.4. The van der Waals surface area contributed by atoms with Gasteiger partial charge in [-0.1, -0.05) is 6.08 Å². The van der Waals surface area contributed by atoms with Gasteiger partial charge >= 0.3 is 0 Å². The fraction of sp³-hybridized carbons (Fsp3) is 0.333. The molecule has 0 radical (unpaired) electrons. The highest BCUT2D eigenvalue weighted by Gasteiger charge is 1.95. The minimum Gasteiger partial charge on any atom is -0.263 e. The normalized spacial score (nSPS) is 11.1. The standard InChI is InChI=1S/C3H7O3PS/c1-2-3-6-8(4,5)7/h2H,1,3,7H2. The molecule has 0 saturated heterocycles. The predicted octanol–water partition coefficient (Wildman–Crippen LogP) is 0.309. The van der Waals surface area contributed by atoms with Gasteiger partial charge in [0.2, 0.25) is 0 Å². The topological polar surface area (TPSA) is 43.4 Å². The summed E-state index contributed by atoms with van der Waals surface area (Å²) in [6.07, 6.45) is 1.36. The van der Waals surface area contributed by atoms with Crippen molar-refractivity contribution in [2.24, 2.45) is 0 Å². The molecule has 0 amide bonds. The van der Waals surface area contributed by atoms with E-state index in [-0.39, 0.29) is 6.61 Å². The Kier molecular flexibility index (Phi) is 3.21. The van der Waals surface area contributed by atoms with Crippen molar-refractivity contribution >= 4 is 18.2 Å². The van der Waals surface area contributed by atoms with Crippen molar-refractivity contribution in [3.63, 3.8) is 0 Å². The molecule has 1 atom stereocenters. The second-order valence-electron chi connectivity index (χ2n) is 1.07. The van der Waals surface area contributed by atoms with Gasteiger partial charge in [0.05, 0.1) is 6.61 Å². The van der Waals surface area contributed by atoms with Gasteiger partial charge in [0, 0.05) is 8.44 Å². The monoisotopic (exact) mass is 154 g/mol. The molecular formula is C3H7O3PS. The first-order valence-corrected chi connectivity index (χ1v) is 4.73. The molecule has 0 aliphatic carbocycles. The molecule has 0 spiro atoms. The van der Waals surface area contributed by atoms with E-state index in [9.17, 15) is 8.42 Å². The largest absolute Gasteiger partial charge is 0.277 e. The van der Waals surface area contributed by atoms with E-state index in [2.05, 4.69) is 10.8 Å². The molecule has 0 N–H and O–H groups in total. The molecule has 48 valence electrons. The van der Waals surface area contributed by atoms with Gasteiger partial charge in [0.25, 0.3) is 9.74 Å². The Morgan fingerprint density at radius 2 is 2.25 bits per heavy atom. The Hall–Kier alpha value is 0.0800. The molecule has 0 rings (SSSR count). The van der Waals surface area contributed by atoms with Gasteiger partial charge in [-0.15, -0.1) is 6.58 Å². The molecule has 0 aliphatic rings. The fourth-order valence-electron chi connectivity index (χ4n) is 0.143. The Bertz CT molecular complexity index is 159. The lowest BCUT2D eigenvalue weighted by Crippen LogP contribution is -1.94. The van der Waals surface area contributed by atoms with Crippen molar-refractivity contribution in [2.45, 2.75) is 0 Å². The third-order valence-corrected chi connectivity index (χ3v) is 1.22. The summed E-state index contributed by atoms with van der Waals surface area (Å²) in [4.78, 5) is 0.